The first-order chi connectivity index (χ1) is 22.7. The zero-order valence-electron chi connectivity index (χ0n) is 24.8. The van der Waals surface area contributed by atoms with Crippen molar-refractivity contribution in [2.75, 3.05) is 12.5 Å². The van der Waals surface area contributed by atoms with Gasteiger partial charge in [-0.05, 0) is 48.6 Å². The largest absolute Gasteiger partial charge is 0.505 e. The summed E-state index contributed by atoms with van der Waals surface area (Å²) < 4.78 is 55.1. The van der Waals surface area contributed by atoms with Gasteiger partial charge in [0, 0.05) is 29.7 Å². The third kappa shape index (κ3) is 4.47. The zero-order valence-corrected chi connectivity index (χ0v) is 26.3. The summed E-state index contributed by atoms with van der Waals surface area (Å²) in [6.07, 6.45) is -2.54. The van der Waals surface area contributed by atoms with Crippen LogP contribution in [0.25, 0.3) is 0 Å². The van der Waals surface area contributed by atoms with Gasteiger partial charge in [-0.1, -0.05) is 59.1 Å². The van der Waals surface area contributed by atoms with Gasteiger partial charge in [-0.3, -0.25) is 29.5 Å². The first-order valence-corrected chi connectivity index (χ1v) is 15.6. The Bertz CT molecular complexity index is 1950. The molecule has 1 aromatic heterocycles. The highest BCUT2D eigenvalue weighted by atomic mass is 35.5. The molecule has 2 aliphatic heterocycles. The molecule has 6 atom stereocenters. The summed E-state index contributed by atoms with van der Waals surface area (Å²) in [7, 11) is 1.37. The van der Waals surface area contributed by atoms with Crippen LogP contribution in [0.1, 0.15) is 35.4 Å². The molecular formula is C33H24Cl2F4N4O5. The van der Waals surface area contributed by atoms with E-state index in [-0.39, 0.29) is 29.9 Å². The lowest BCUT2D eigenvalue weighted by atomic mass is 9.49. The molecule has 0 radical (unpaired) electrons. The van der Waals surface area contributed by atoms with Crippen molar-refractivity contribution in [3.8, 4) is 5.75 Å². The number of hydrazine groups is 1. The lowest BCUT2D eigenvalue weighted by Crippen LogP contribution is -2.53. The highest BCUT2D eigenvalue weighted by molar-refractivity contribution is 6.33. The van der Waals surface area contributed by atoms with Crippen LogP contribution >= 0.6 is 23.2 Å². The van der Waals surface area contributed by atoms with Gasteiger partial charge in [-0.25, -0.2) is 9.37 Å². The van der Waals surface area contributed by atoms with E-state index >= 15 is 4.39 Å². The summed E-state index contributed by atoms with van der Waals surface area (Å²) in [6, 6.07) is 10.4. The number of para-hydroxylation sites is 1. The Morgan fingerprint density at radius 1 is 1.00 bits per heavy atom. The average molecular weight is 703 g/mol. The summed E-state index contributed by atoms with van der Waals surface area (Å²) >= 11 is 12.4. The lowest BCUT2D eigenvalue weighted by Gasteiger charge is -2.50. The second-order valence-corrected chi connectivity index (χ2v) is 13.2. The van der Waals surface area contributed by atoms with Crippen LogP contribution in [0.5, 0.6) is 5.75 Å². The van der Waals surface area contributed by atoms with E-state index in [0.29, 0.717) is 27.9 Å². The number of carbonyl (C=O) groups excluding carboxylic acids is 4. The molecule has 48 heavy (non-hydrogen) atoms. The molecule has 2 aliphatic carbocycles. The maximum atomic E-state index is 15.1. The number of rotatable bonds is 4. The van der Waals surface area contributed by atoms with Crippen LogP contribution in [-0.2, 0) is 30.8 Å². The number of nitrogens with one attached hydrogen (secondary N) is 1. The number of anilines is 1. The number of aromatic nitrogens is 1. The minimum Gasteiger partial charge on any atom is -0.505 e. The van der Waals surface area contributed by atoms with Crippen molar-refractivity contribution in [1.29, 1.82) is 0 Å². The summed E-state index contributed by atoms with van der Waals surface area (Å²) in [5.74, 6) is -9.68. The third-order valence-corrected chi connectivity index (χ3v) is 10.6. The van der Waals surface area contributed by atoms with Crippen molar-refractivity contribution in [3.63, 3.8) is 0 Å². The SMILES string of the molecule is CN1C(=O)[C@H]2[C@H](CC=C3[C@H]2C[C@H]2C(=O)N(Nc4ncc(C(F)(F)F)cc4Cl)C(=O)[C@@]2(c2ccc(Cl)cc2)[C@H]3c2cccc(F)c2O)C1=O. The van der Waals surface area contributed by atoms with Crippen LogP contribution in [-0.4, -0.2) is 50.7 Å². The number of nitrogens with zero attached hydrogens (tertiary/aromatic N) is 3. The average Bonchev–Trinajstić information content (AvgIpc) is 3.39. The molecule has 1 saturated carbocycles. The van der Waals surface area contributed by atoms with Gasteiger partial charge in [0.1, 0.15) is 0 Å². The number of hydrogen-bond acceptors (Lipinski definition) is 7. The number of aromatic hydroxyl groups is 1. The van der Waals surface area contributed by atoms with Crippen molar-refractivity contribution in [3.05, 3.63) is 98.9 Å². The van der Waals surface area contributed by atoms with Crippen LogP contribution in [0.4, 0.5) is 23.4 Å². The van der Waals surface area contributed by atoms with Crippen LogP contribution in [0.15, 0.2) is 66.4 Å². The van der Waals surface area contributed by atoms with Crippen molar-refractivity contribution < 1.29 is 41.8 Å². The van der Waals surface area contributed by atoms with E-state index < -0.39 is 86.9 Å². The fourth-order valence-electron chi connectivity index (χ4n) is 8.05. The lowest BCUT2D eigenvalue weighted by molar-refractivity contribution is -0.140. The Morgan fingerprint density at radius 2 is 1.71 bits per heavy atom. The summed E-state index contributed by atoms with van der Waals surface area (Å²) in [5, 5.41) is 11.6. The number of carbonyl (C=O) groups is 4. The molecule has 3 aromatic rings. The number of likely N-dealkylation sites (tertiary alicyclic amines) is 1. The Hall–Kier alpha value is -4.49. The van der Waals surface area contributed by atoms with Gasteiger partial charge in [0.25, 0.3) is 11.8 Å². The van der Waals surface area contributed by atoms with Gasteiger partial charge in [0.2, 0.25) is 11.8 Å². The standard InChI is InChI=1S/C33H24Cl2F4N4O5/c1-42-28(45)18-10-9-17-20(24(18)30(42)47)12-21-29(46)43(41-27-22(35)11-15(13-40-27)33(37,38)39)31(48)32(21,14-5-7-16(34)8-6-14)25(17)19-3-2-4-23(36)26(19)44/h2-9,11,13,18,20-21,24-25,44H,10,12H2,1H3,(H,40,41)/t18-,20+,21-,24-,25+,32+/m0/s1. The summed E-state index contributed by atoms with van der Waals surface area (Å²) in [4.78, 5) is 60.8. The van der Waals surface area contributed by atoms with E-state index in [2.05, 4.69) is 10.4 Å². The normalized spacial score (nSPS) is 28.3. The second kappa shape index (κ2) is 11.0. The predicted octanol–water partition coefficient (Wildman–Crippen LogP) is 5.87. The maximum Gasteiger partial charge on any atom is 0.417 e. The molecule has 2 aromatic carbocycles. The molecule has 15 heteroatoms. The highest BCUT2D eigenvalue weighted by Gasteiger charge is 2.70. The van der Waals surface area contributed by atoms with E-state index in [9.17, 15) is 37.5 Å². The number of allylic oxidation sites excluding steroid dienone is 2. The molecule has 9 nitrogen and oxygen atoms in total. The smallest absolute Gasteiger partial charge is 0.417 e. The first kappa shape index (κ1) is 32.1. The molecule has 7 rings (SSSR count). The van der Waals surface area contributed by atoms with E-state index in [1.165, 1.54) is 43.4 Å². The molecule has 0 spiro atoms. The molecule has 3 fully saturated rings. The number of pyridine rings is 1. The van der Waals surface area contributed by atoms with Crippen molar-refractivity contribution in [2.45, 2.75) is 30.4 Å². The zero-order chi connectivity index (χ0) is 34.4. The molecule has 0 unspecified atom stereocenters. The molecule has 4 amide bonds. The maximum absolute atomic E-state index is 15.1. The number of imide groups is 2. The van der Waals surface area contributed by atoms with Gasteiger partial charge >= 0.3 is 6.18 Å². The number of halogens is 6. The topological polar surface area (TPSA) is 120 Å². The Morgan fingerprint density at radius 3 is 2.38 bits per heavy atom. The number of phenols is 1. The fraction of sp³-hybridized carbons (Fsp3) is 0.303. The number of phenolic OH excluding ortho intramolecular Hbond substituents is 1. The molecule has 2 N–H and O–H groups in total. The van der Waals surface area contributed by atoms with Gasteiger partial charge in [0.05, 0.1) is 33.8 Å². The van der Waals surface area contributed by atoms with E-state index in [1.807, 2.05) is 0 Å². The Kier molecular flexibility index (Phi) is 7.37. The number of alkyl halides is 3. The molecule has 2 saturated heterocycles. The minimum absolute atomic E-state index is 0.0387. The van der Waals surface area contributed by atoms with Crippen molar-refractivity contribution in [2.24, 2.45) is 23.7 Å². The number of benzene rings is 2. The summed E-state index contributed by atoms with van der Waals surface area (Å²) in [5.41, 5.74) is 0.155. The van der Waals surface area contributed by atoms with Crippen molar-refractivity contribution in [1.82, 2.24) is 14.9 Å². The van der Waals surface area contributed by atoms with Crippen LogP contribution in [0.3, 0.4) is 0 Å². The minimum atomic E-state index is -4.77. The number of amides is 4. The van der Waals surface area contributed by atoms with Gasteiger partial charge < -0.3 is 5.11 Å². The highest BCUT2D eigenvalue weighted by Crippen LogP contribution is 2.65. The third-order valence-electron chi connectivity index (χ3n) is 10.1. The van der Waals surface area contributed by atoms with E-state index in [4.69, 9.17) is 23.2 Å². The monoisotopic (exact) mass is 702 g/mol. The first-order valence-electron chi connectivity index (χ1n) is 14.8. The van der Waals surface area contributed by atoms with Gasteiger partial charge in [-0.2, -0.15) is 18.2 Å². The van der Waals surface area contributed by atoms with Crippen molar-refractivity contribution >= 4 is 52.6 Å². The number of hydrogen-bond donors (Lipinski definition) is 2. The van der Waals surface area contributed by atoms with Crippen LogP contribution in [0, 0.1) is 29.5 Å². The van der Waals surface area contributed by atoms with E-state index in [1.54, 1.807) is 6.08 Å². The van der Waals surface area contributed by atoms with E-state index in [0.717, 1.165) is 11.0 Å². The molecule has 3 heterocycles. The molecule has 248 valence electrons. The Balaban J connectivity index is 1.46. The molecular weight excluding hydrogens is 679 g/mol. The fourth-order valence-corrected chi connectivity index (χ4v) is 8.38. The Labute approximate surface area is 280 Å². The van der Waals surface area contributed by atoms with Crippen LogP contribution in [0.2, 0.25) is 10.0 Å². The van der Waals surface area contributed by atoms with Gasteiger partial charge in [0.15, 0.2) is 17.4 Å². The van der Waals surface area contributed by atoms with Crippen LogP contribution < -0.4 is 5.43 Å². The molecule has 0 bridgehead atoms. The molecule has 4 aliphatic rings. The summed E-state index contributed by atoms with van der Waals surface area (Å²) in [6.45, 7) is 0. The number of fused-ring (bicyclic) bond motifs is 4. The van der Waals surface area contributed by atoms with Gasteiger partial charge in [-0.15, -0.1) is 0 Å². The second-order valence-electron chi connectivity index (χ2n) is 12.3. The predicted molar refractivity (Wildman–Crippen MR) is 163 cm³/mol. The quantitative estimate of drug-likeness (QED) is 0.198.